The standard InChI is InChI=1S/C18H23N3O4S/c1-3-21(10-14-5-4-7-25-14)16(22)9-13-11-26-18(19-13)20-17(23)15-6-8-24-12(15)2/h6,8,11,14H,3-5,7,9-10H2,1-2H3,(H,19,20,23)/t14-/m0/s1. The maximum absolute atomic E-state index is 12.5. The molecule has 3 rings (SSSR count). The monoisotopic (exact) mass is 377 g/mol. The average molecular weight is 377 g/mol. The number of rotatable bonds is 7. The molecule has 0 unspecified atom stereocenters. The SMILES string of the molecule is CCN(C[C@@H]1CCCO1)C(=O)Cc1csc(NC(=O)c2ccoc2C)n1. The molecule has 0 spiro atoms. The molecule has 1 saturated heterocycles. The molecular formula is C18H23N3O4S. The lowest BCUT2D eigenvalue weighted by atomic mass is 10.2. The van der Waals surface area contributed by atoms with Gasteiger partial charge in [0.2, 0.25) is 5.91 Å². The van der Waals surface area contributed by atoms with Crippen LogP contribution < -0.4 is 5.32 Å². The van der Waals surface area contributed by atoms with Gasteiger partial charge in [-0.15, -0.1) is 11.3 Å². The first-order valence-corrected chi connectivity index (χ1v) is 9.64. The number of likely N-dealkylation sites (N-methyl/N-ethyl adjacent to an activating group) is 1. The van der Waals surface area contributed by atoms with Crippen molar-refractivity contribution in [3.8, 4) is 0 Å². The number of aromatic nitrogens is 1. The Bertz CT molecular complexity index is 764. The molecule has 2 aromatic heterocycles. The van der Waals surface area contributed by atoms with Crippen molar-refractivity contribution in [2.75, 3.05) is 25.0 Å². The predicted molar refractivity (Wildman–Crippen MR) is 98.4 cm³/mol. The van der Waals surface area contributed by atoms with Crippen LogP contribution in [-0.4, -0.2) is 47.5 Å². The topological polar surface area (TPSA) is 84.7 Å². The first kappa shape index (κ1) is 18.6. The highest BCUT2D eigenvalue weighted by Crippen LogP contribution is 2.19. The van der Waals surface area contributed by atoms with Crippen LogP contribution >= 0.6 is 11.3 Å². The third kappa shape index (κ3) is 4.50. The van der Waals surface area contributed by atoms with Gasteiger partial charge in [-0.05, 0) is 32.8 Å². The molecule has 0 aliphatic carbocycles. The minimum absolute atomic E-state index is 0.0249. The van der Waals surface area contributed by atoms with E-state index in [-0.39, 0.29) is 24.3 Å². The molecule has 7 nitrogen and oxygen atoms in total. The number of anilines is 1. The van der Waals surface area contributed by atoms with Crippen LogP contribution in [0.2, 0.25) is 0 Å². The van der Waals surface area contributed by atoms with Crippen LogP contribution in [0, 0.1) is 6.92 Å². The van der Waals surface area contributed by atoms with Crippen molar-refractivity contribution < 1.29 is 18.7 Å². The number of nitrogens with one attached hydrogen (secondary N) is 1. The van der Waals surface area contributed by atoms with Crippen LogP contribution in [0.1, 0.15) is 41.6 Å². The number of furan rings is 1. The zero-order chi connectivity index (χ0) is 18.5. The highest BCUT2D eigenvalue weighted by atomic mass is 32.1. The third-order valence-electron chi connectivity index (χ3n) is 4.39. The molecule has 3 heterocycles. The number of hydrogen-bond acceptors (Lipinski definition) is 6. The van der Waals surface area contributed by atoms with Gasteiger partial charge in [0.1, 0.15) is 5.76 Å². The maximum Gasteiger partial charge on any atom is 0.260 e. The zero-order valence-corrected chi connectivity index (χ0v) is 15.8. The van der Waals surface area contributed by atoms with Crippen LogP contribution in [0.4, 0.5) is 5.13 Å². The molecule has 0 saturated carbocycles. The van der Waals surface area contributed by atoms with Crippen LogP contribution in [0.25, 0.3) is 0 Å². The number of nitrogens with zero attached hydrogens (tertiary/aromatic N) is 2. The summed E-state index contributed by atoms with van der Waals surface area (Å²) in [5.74, 6) is 0.316. The van der Waals surface area contributed by atoms with E-state index in [1.54, 1.807) is 18.4 Å². The minimum atomic E-state index is -0.267. The first-order valence-electron chi connectivity index (χ1n) is 8.76. The van der Waals surface area contributed by atoms with Crippen LogP contribution in [0.5, 0.6) is 0 Å². The number of thiazole rings is 1. The lowest BCUT2D eigenvalue weighted by Crippen LogP contribution is -2.38. The van der Waals surface area contributed by atoms with E-state index < -0.39 is 0 Å². The molecule has 26 heavy (non-hydrogen) atoms. The summed E-state index contributed by atoms with van der Waals surface area (Å²) in [7, 11) is 0. The van der Waals surface area contributed by atoms with Crippen molar-refractivity contribution in [3.63, 3.8) is 0 Å². The van der Waals surface area contributed by atoms with Gasteiger partial charge in [0.25, 0.3) is 5.91 Å². The summed E-state index contributed by atoms with van der Waals surface area (Å²) >= 11 is 1.31. The van der Waals surface area contributed by atoms with Gasteiger partial charge in [0, 0.05) is 25.1 Å². The number of ether oxygens (including phenoxy) is 1. The molecule has 2 amide bonds. The van der Waals surface area contributed by atoms with Crippen LogP contribution in [0.3, 0.4) is 0 Å². The van der Waals surface area contributed by atoms with Crippen molar-refractivity contribution >= 4 is 28.3 Å². The fourth-order valence-corrected chi connectivity index (χ4v) is 3.64. The van der Waals surface area contributed by atoms with Crippen molar-refractivity contribution in [3.05, 3.63) is 34.7 Å². The highest BCUT2D eigenvalue weighted by Gasteiger charge is 2.22. The van der Waals surface area contributed by atoms with E-state index in [2.05, 4.69) is 10.3 Å². The van der Waals surface area contributed by atoms with Crippen molar-refractivity contribution in [2.24, 2.45) is 0 Å². The van der Waals surface area contributed by atoms with Gasteiger partial charge in [-0.25, -0.2) is 4.98 Å². The molecule has 8 heteroatoms. The van der Waals surface area contributed by atoms with Crippen LogP contribution in [0.15, 0.2) is 22.1 Å². The molecule has 1 aliphatic heterocycles. The van der Waals surface area contributed by atoms with Crippen LogP contribution in [-0.2, 0) is 16.0 Å². The molecule has 1 atom stereocenters. The van der Waals surface area contributed by atoms with Gasteiger partial charge in [-0.1, -0.05) is 0 Å². The van der Waals surface area contributed by atoms with Gasteiger partial charge in [-0.2, -0.15) is 0 Å². The first-order chi connectivity index (χ1) is 12.6. The fourth-order valence-electron chi connectivity index (χ4n) is 2.94. The van der Waals surface area contributed by atoms with E-state index in [4.69, 9.17) is 9.15 Å². The summed E-state index contributed by atoms with van der Waals surface area (Å²) in [6, 6.07) is 1.62. The van der Waals surface area contributed by atoms with Gasteiger partial charge in [-0.3, -0.25) is 14.9 Å². The Morgan fingerprint density at radius 1 is 1.46 bits per heavy atom. The Morgan fingerprint density at radius 3 is 2.96 bits per heavy atom. The number of aryl methyl sites for hydroxylation is 1. The summed E-state index contributed by atoms with van der Waals surface area (Å²) in [4.78, 5) is 30.9. The van der Waals surface area contributed by atoms with E-state index in [0.717, 1.165) is 19.4 Å². The smallest absolute Gasteiger partial charge is 0.260 e. The van der Waals surface area contributed by atoms with Gasteiger partial charge in [0.05, 0.1) is 30.0 Å². The van der Waals surface area contributed by atoms with E-state index in [1.165, 1.54) is 17.6 Å². The van der Waals surface area contributed by atoms with Gasteiger partial charge < -0.3 is 14.1 Å². The summed E-state index contributed by atoms with van der Waals surface area (Å²) in [5, 5.41) is 5.02. The molecule has 140 valence electrons. The largest absolute Gasteiger partial charge is 0.469 e. The lowest BCUT2D eigenvalue weighted by molar-refractivity contribution is -0.131. The zero-order valence-electron chi connectivity index (χ0n) is 15.0. The molecule has 1 aliphatic rings. The maximum atomic E-state index is 12.5. The van der Waals surface area contributed by atoms with E-state index >= 15 is 0 Å². The summed E-state index contributed by atoms with van der Waals surface area (Å²) < 4.78 is 10.8. The van der Waals surface area contributed by atoms with E-state index in [9.17, 15) is 9.59 Å². The Kier molecular flexibility index (Phi) is 6.05. The van der Waals surface area contributed by atoms with Crippen molar-refractivity contribution in [1.82, 2.24) is 9.88 Å². The molecule has 0 bridgehead atoms. The van der Waals surface area contributed by atoms with Gasteiger partial charge >= 0.3 is 0 Å². The second kappa shape index (κ2) is 8.46. The normalized spacial score (nSPS) is 16.6. The van der Waals surface area contributed by atoms with E-state index in [1.807, 2.05) is 11.8 Å². The summed E-state index contributed by atoms with van der Waals surface area (Å²) in [5.41, 5.74) is 1.14. The quantitative estimate of drug-likeness (QED) is 0.802. The molecule has 0 aromatic carbocycles. The third-order valence-corrected chi connectivity index (χ3v) is 5.20. The Morgan fingerprint density at radius 2 is 2.31 bits per heavy atom. The van der Waals surface area contributed by atoms with Crippen molar-refractivity contribution in [2.45, 2.75) is 39.2 Å². The Balaban J connectivity index is 1.56. The Hall–Kier alpha value is -2.19. The van der Waals surface area contributed by atoms with Gasteiger partial charge in [0.15, 0.2) is 5.13 Å². The summed E-state index contributed by atoms with van der Waals surface area (Å²) in [6.07, 6.45) is 3.90. The Labute approximate surface area is 156 Å². The lowest BCUT2D eigenvalue weighted by Gasteiger charge is -2.23. The summed E-state index contributed by atoms with van der Waals surface area (Å²) in [6.45, 7) is 5.75. The molecular weight excluding hydrogens is 354 g/mol. The number of carbonyl (C=O) groups is 2. The highest BCUT2D eigenvalue weighted by molar-refractivity contribution is 7.14. The second-order valence-corrected chi connectivity index (χ2v) is 7.09. The molecule has 0 radical (unpaired) electrons. The molecule has 2 aromatic rings. The van der Waals surface area contributed by atoms with E-state index in [0.29, 0.717) is 35.2 Å². The predicted octanol–water partition coefficient (Wildman–Crippen LogP) is 2.87. The average Bonchev–Trinajstić information content (AvgIpc) is 3.35. The number of carbonyl (C=O) groups excluding carboxylic acids is 2. The molecule has 1 fully saturated rings. The van der Waals surface area contributed by atoms with Crippen molar-refractivity contribution in [1.29, 1.82) is 0 Å². The second-order valence-electron chi connectivity index (χ2n) is 6.23. The minimum Gasteiger partial charge on any atom is -0.469 e. The molecule has 1 N–H and O–H groups in total. The number of amides is 2. The number of hydrogen-bond donors (Lipinski definition) is 1. The fraction of sp³-hybridized carbons (Fsp3) is 0.500.